The van der Waals surface area contributed by atoms with Crippen molar-refractivity contribution in [3.63, 3.8) is 0 Å². The average Bonchev–Trinajstić information content (AvgIpc) is 2.38. The van der Waals surface area contributed by atoms with Crippen molar-refractivity contribution in [3.8, 4) is 0 Å². The van der Waals surface area contributed by atoms with Gasteiger partial charge in [0.2, 0.25) is 5.91 Å². The molecule has 1 amide bonds. The molecule has 0 heterocycles. The third-order valence-corrected chi connectivity index (χ3v) is 4.55. The summed E-state index contributed by atoms with van der Waals surface area (Å²) in [5.41, 5.74) is 6.51. The van der Waals surface area contributed by atoms with Crippen LogP contribution in [-0.2, 0) is 4.79 Å². The summed E-state index contributed by atoms with van der Waals surface area (Å²) in [5, 5.41) is 3.69. The highest BCUT2D eigenvalue weighted by Gasteiger charge is 2.38. The zero-order valence-electron chi connectivity index (χ0n) is 12.2. The third kappa shape index (κ3) is 3.33. The van der Waals surface area contributed by atoms with Gasteiger partial charge in [0.1, 0.15) is 0 Å². The van der Waals surface area contributed by atoms with E-state index in [0.29, 0.717) is 10.9 Å². The van der Waals surface area contributed by atoms with Crippen LogP contribution in [-0.4, -0.2) is 11.4 Å². The van der Waals surface area contributed by atoms with Crippen LogP contribution < -0.4 is 11.1 Å². The summed E-state index contributed by atoms with van der Waals surface area (Å²) >= 11 is 6.16. The normalized spacial score (nSPS) is 27.9. The molecule has 1 fully saturated rings. The van der Waals surface area contributed by atoms with Crippen LogP contribution in [0.4, 0.5) is 0 Å². The zero-order valence-corrected chi connectivity index (χ0v) is 12.9. The zero-order chi connectivity index (χ0) is 14.8. The molecule has 0 spiro atoms. The Hall–Kier alpha value is -1.06. The standard InChI is InChI=1S/C16H23ClN2O/c1-11-6-5-9-16(18,10-11)15(20)19-12(2)13-7-3-4-8-14(13)17/h3-4,7-8,11-12H,5-6,9-10,18H2,1-2H3,(H,19,20). The quantitative estimate of drug-likeness (QED) is 0.897. The highest BCUT2D eigenvalue weighted by molar-refractivity contribution is 6.31. The predicted molar refractivity (Wildman–Crippen MR) is 82.6 cm³/mol. The molecule has 1 aliphatic carbocycles. The summed E-state index contributed by atoms with van der Waals surface area (Å²) in [7, 11) is 0. The van der Waals surface area contributed by atoms with Gasteiger partial charge in [-0.1, -0.05) is 49.6 Å². The minimum Gasteiger partial charge on any atom is -0.348 e. The maximum Gasteiger partial charge on any atom is 0.240 e. The van der Waals surface area contributed by atoms with E-state index in [0.717, 1.165) is 31.2 Å². The van der Waals surface area contributed by atoms with Crippen molar-refractivity contribution in [1.29, 1.82) is 0 Å². The summed E-state index contributed by atoms with van der Waals surface area (Å²) in [6, 6.07) is 7.44. The Labute approximate surface area is 125 Å². The Morgan fingerprint density at radius 3 is 2.85 bits per heavy atom. The molecule has 0 aromatic heterocycles. The smallest absolute Gasteiger partial charge is 0.240 e. The fourth-order valence-corrected chi connectivity index (χ4v) is 3.34. The Kier molecular flexibility index (Phi) is 4.71. The number of hydrogen-bond acceptors (Lipinski definition) is 2. The molecule has 20 heavy (non-hydrogen) atoms. The number of carbonyl (C=O) groups excluding carboxylic acids is 1. The van der Waals surface area contributed by atoms with Gasteiger partial charge in [-0.2, -0.15) is 0 Å². The molecule has 0 bridgehead atoms. The predicted octanol–water partition coefficient (Wildman–Crippen LogP) is 3.42. The van der Waals surface area contributed by atoms with Gasteiger partial charge >= 0.3 is 0 Å². The summed E-state index contributed by atoms with van der Waals surface area (Å²) in [5.74, 6) is 0.451. The van der Waals surface area contributed by atoms with Crippen LogP contribution in [0.15, 0.2) is 24.3 Å². The first-order valence-corrected chi connectivity index (χ1v) is 7.64. The lowest BCUT2D eigenvalue weighted by Gasteiger charge is -2.36. The van der Waals surface area contributed by atoms with E-state index in [1.54, 1.807) is 0 Å². The van der Waals surface area contributed by atoms with Crippen LogP contribution in [0, 0.1) is 5.92 Å². The Bertz CT molecular complexity index is 491. The van der Waals surface area contributed by atoms with Gasteiger partial charge in [0.25, 0.3) is 0 Å². The number of hydrogen-bond donors (Lipinski definition) is 2. The molecule has 110 valence electrons. The van der Waals surface area contributed by atoms with E-state index in [1.807, 2.05) is 31.2 Å². The van der Waals surface area contributed by atoms with Gasteiger partial charge in [0, 0.05) is 5.02 Å². The molecule has 0 aliphatic heterocycles. The van der Waals surface area contributed by atoms with E-state index in [2.05, 4.69) is 12.2 Å². The van der Waals surface area contributed by atoms with Crippen molar-refractivity contribution in [2.24, 2.45) is 11.7 Å². The molecule has 3 unspecified atom stereocenters. The van der Waals surface area contributed by atoms with Gasteiger partial charge in [0.15, 0.2) is 0 Å². The summed E-state index contributed by atoms with van der Waals surface area (Å²) < 4.78 is 0. The second-order valence-corrected chi connectivity index (χ2v) is 6.48. The molecule has 3 nitrogen and oxygen atoms in total. The second-order valence-electron chi connectivity index (χ2n) is 6.07. The van der Waals surface area contributed by atoms with Gasteiger partial charge in [-0.3, -0.25) is 4.79 Å². The molecule has 1 aliphatic rings. The second kappa shape index (κ2) is 6.15. The van der Waals surface area contributed by atoms with Crippen LogP contribution >= 0.6 is 11.6 Å². The Morgan fingerprint density at radius 2 is 2.20 bits per heavy atom. The van der Waals surface area contributed by atoms with Crippen LogP contribution in [0.2, 0.25) is 5.02 Å². The van der Waals surface area contributed by atoms with Gasteiger partial charge in [-0.15, -0.1) is 0 Å². The van der Waals surface area contributed by atoms with E-state index in [9.17, 15) is 4.79 Å². The van der Waals surface area contributed by atoms with Gasteiger partial charge in [-0.05, 0) is 37.3 Å². The number of nitrogens with two attached hydrogens (primary N) is 1. The number of benzene rings is 1. The largest absolute Gasteiger partial charge is 0.348 e. The van der Waals surface area contributed by atoms with Gasteiger partial charge < -0.3 is 11.1 Å². The van der Waals surface area contributed by atoms with Gasteiger partial charge in [0.05, 0.1) is 11.6 Å². The van der Waals surface area contributed by atoms with Crippen molar-refractivity contribution >= 4 is 17.5 Å². The van der Waals surface area contributed by atoms with E-state index in [-0.39, 0.29) is 11.9 Å². The SMILES string of the molecule is CC1CCCC(N)(C(=O)NC(C)c2ccccc2Cl)C1. The molecule has 4 heteroatoms. The third-order valence-electron chi connectivity index (χ3n) is 4.20. The van der Waals surface area contributed by atoms with Crippen molar-refractivity contribution in [2.45, 2.75) is 51.1 Å². The molecule has 1 aromatic rings. The summed E-state index contributed by atoms with van der Waals surface area (Å²) in [4.78, 5) is 12.5. The highest BCUT2D eigenvalue weighted by atomic mass is 35.5. The first kappa shape index (κ1) is 15.3. The molecule has 0 saturated heterocycles. The molecular formula is C16H23ClN2O. The fraction of sp³-hybridized carbons (Fsp3) is 0.562. The first-order chi connectivity index (χ1) is 9.42. The molecule has 0 radical (unpaired) electrons. The van der Waals surface area contributed by atoms with E-state index < -0.39 is 5.54 Å². The summed E-state index contributed by atoms with van der Waals surface area (Å²) in [6.07, 6.45) is 3.70. The van der Waals surface area contributed by atoms with Crippen molar-refractivity contribution in [2.75, 3.05) is 0 Å². The summed E-state index contributed by atoms with van der Waals surface area (Å²) in [6.45, 7) is 4.10. The average molecular weight is 295 g/mol. The number of rotatable bonds is 3. The maximum absolute atomic E-state index is 12.5. The van der Waals surface area contributed by atoms with Crippen molar-refractivity contribution in [1.82, 2.24) is 5.32 Å². The lowest BCUT2D eigenvalue weighted by atomic mass is 9.76. The molecule has 2 rings (SSSR count). The molecule has 1 aromatic carbocycles. The Balaban J connectivity index is 2.06. The van der Waals surface area contributed by atoms with E-state index >= 15 is 0 Å². The number of halogens is 1. The van der Waals surface area contributed by atoms with Crippen LogP contribution in [0.5, 0.6) is 0 Å². The van der Waals surface area contributed by atoms with Crippen LogP contribution in [0.3, 0.4) is 0 Å². The fourth-order valence-electron chi connectivity index (χ4n) is 3.04. The molecule has 3 atom stereocenters. The first-order valence-electron chi connectivity index (χ1n) is 7.26. The Morgan fingerprint density at radius 1 is 1.50 bits per heavy atom. The van der Waals surface area contributed by atoms with E-state index in [1.165, 1.54) is 0 Å². The molecular weight excluding hydrogens is 272 g/mol. The van der Waals surface area contributed by atoms with Crippen LogP contribution in [0.25, 0.3) is 0 Å². The lowest BCUT2D eigenvalue weighted by molar-refractivity contribution is -0.128. The maximum atomic E-state index is 12.5. The van der Waals surface area contributed by atoms with Crippen LogP contribution in [0.1, 0.15) is 51.1 Å². The number of carbonyl (C=O) groups is 1. The topological polar surface area (TPSA) is 55.1 Å². The van der Waals surface area contributed by atoms with Gasteiger partial charge in [-0.25, -0.2) is 0 Å². The molecule has 3 N–H and O–H groups in total. The monoisotopic (exact) mass is 294 g/mol. The van der Waals surface area contributed by atoms with E-state index in [4.69, 9.17) is 17.3 Å². The lowest BCUT2D eigenvalue weighted by Crippen LogP contribution is -2.56. The highest BCUT2D eigenvalue weighted by Crippen LogP contribution is 2.31. The minimum absolute atomic E-state index is 0.0588. The number of nitrogens with one attached hydrogen (secondary N) is 1. The van der Waals surface area contributed by atoms with Crippen molar-refractivity contribution < 1.29 is 4.79 Å². The van der Waals surface area contributed by atoms with Crippen molar-refractivity contribution in [3.05, 3.63) is 34.9 Å². The molecule has 1 saturated carbocycles. The minimum atomic E-state index is -0.729. The number of amides is 1.